The number of hydrogen-bond acceptors (Lipinski definition) is 6. The predicted octanol–water partition coefficient (Wildman–Crippen LogP) is -2.31. The summed E-state index contributed by atoms with van der Waals surface area (Å²) in [6.45, 7) is 28.5. The van der Waals surface area contributed by atoms with Gasteiger partial charge in [-0.25, -0.2) is 0 Å². The van der Waals surface area contributed by atoms with Gasteiger partial charge in [-0.3, -0.25) is 0 Å². The van der Waals surface area contributed by atoms with E-state index in [1.165, 1.54) is 0 Å². The second kappa shape index (κ2) is 10500. The van der Waals surface area contributed by atoms with Crippen LogP contribution in [-0.4, -0.2) is 0 Å². The summed E-state index contributed by atoms with van der Waals surface area (Å²) in [5.41, 5.74) is 0. The van der Waals surface area contributed by atoms with E-state index in [-0.39, 0.29) is 82.2 Å². The molecule has 0 saturated carbocycles. The van der Waals surface area contributed by atoms with E-state index in [4.69, 9.17) is 71.0 Å². The Bertz CT molecular complexity index is 109. The maximum Gasteiger partial charge on any atom is 2.00 e. The second-order valence-corrected chi connectivity index (χ2v) is 0. The van der Waals surface area contributed by atoms with Gasteiger partial charge in [0.2, 0.25) is 0 Å². The van der Waals surface area contributed by atoms with Gasteiger partial charge in [0.05, 0.1) is 0 Å². The van der Waals surface area contributed by atoms with Crippen molar-refractivity contribution in [3.63, 3.8) is 0 Å². The largest absolute Gasteiger partial charge is 2.00 e. The van der Waals surface area contributed by atoms with Crippen LogP contribution in [0, 0.1) is 71.0 Å². The molecule has 0 aliphatic heterocycles. The van der Waals surface area contributed by atoms with Crippen molar-refractivity contribution in [3.8, 4) is 0 Å². The zero-order valence-electron chi connectivity index (χ0n) is 8.74. The second-order valence-electron chi connectivity index (χ2n) is 0. The summed E-state index contributed by atoms with van der Waals surface area (Å²) < 4.78 is 0. The van der Waals surface area contributed by atoms with Gasteiger partial charge < -0.3 is 72.4 Å². The first-order valence-electron chi connectivity index (χ1n) is 1.34. The molecule has 0 aromatic heterocycles. The van der Waals surface area contributed by atoms with Crippen LogP contribution in [0.2, 0.25) is 0 Å². The van der Waals surface area contributed by atoms with E-state index in [1.807, 2.05) is 0 Å². The minimum absolute atomic E-state index is 0. The van der Waals surface area contributed by atoms with Crippen LogP contribution in [0.4, 0.5) is 0 Å². The standard InChI is InChI=1S/6CN.3Fe.Na.H/c6*1-2;;;;;/q6*-1;3*+2;+1;-1. The molecule has 0 spiro atoms. The van der Waals surface area contributed by atoms with Gasteiger partial charge in [0.15, 0.2) is 0 Å². The van der Waals surface area contributed by atoms with Crippen LogP contribution in [0.3, 0.4) is 0 Å². The van der Waals surface area contributed by atoms with E-state index < -0.39 is 0 Å². The summed E-state index contributed by atoms with van der Waals surface area (Å²) >= 11 is 0. The normalized spacial score (nSPS) is 0.750. The van der Waals surface area contributed by atoms with E-state index >= 15 is 0 Å². The van der Waals surface area contributed by atoms with Gasteiger partial charge in [-0.15, -0.1) is 0 Å². The molecule has 16 heavy (non-hydrogen) atoms. The molecule has 0 aromatic carbocycles. The summed E-state index contributed by atoms with van der Waals surface area (Å²) in [4.78, 5) is 0. The van der Waals surface area contributed by atoms with Crippen LogP contribution in [0.15, 0.2) is 0 Å². The Morgan fingerprint density at radius 2 is 0.375 bits per heavy atom. The molecule has 0 radical (unpaired) electrons. The fourth-order valence-electron chi connectivity index (χ4n) is 0. The zero-order chi connectivity index (χ0) is 12.0. The van der Waals surface area contributed by atoms with Gasteiger partial charge in [0.1, 0.15) is 0 Å². The van der Waals surface area contributed by atoms with Gasteiger partial charge in [0, 0.05) is 0 Å². The number of rotatable bonds is 0. The van der Waals surface area contributed by atoms with E-state index in [0.29, 0.717) is 0 Å². The Morgan fingerprint density at radius 1 is 0.375 bits per heavy atom. The third-order valence-electron chi connectivity index (χ3n) is 0. The molecule has 0 saturated heterocycles. The average Bonchev–Trinajstić information content (AvgIpc) is 2.33. The Labute approximate surface area is 152 Å². The Morgan fingerprint density at radius 3 is 0.375 bits per heavy atom. The van der Waals surface area contributed by atoms with Crippen LogP contribution < -0.4 is 29.6 Å². The minimum atomic E-state index is 0. The average molecular weight is 348 g/mol. The molecule has 0 bridgehead atoms. The Kier molecular flexibility index (Phi) is 70700. The van der Waals surface area contributed by atoms with Crippen molar-refractivity contribution in [2.75, 3.05) is 0 Å². The van der Waals surface area contributed by atoms with Crippen LogP contribution >= 0.6 is 0 Å². The van der Waals surface area contributed by atoms with E-state index in [1.54, 1.807) is 0 Å². The molecule has 0 aliphatic rings. The van der Waals surface area contributed by atoms with Crippen molar-refractivity contribution in [1.82, 2.24) is 0 Å². The molecule has 0 N–H and O–H groups in total. The van der Waals surface area contributed by atoms with Crippen LogP contribution in [0.1, 0.15) is 1.43 Å². The Hall–Kier alpha value is -0.502. The monoisotopic (exact) mass is 348 g/mol. The SMILES string of the molecule is [C-]#N.[C-]#N.[C-]#N.[C-]#N.[C-]#N.[C-]#N.[Fe+2].[Fe+2].[Fe+2].[H-].[Na+]. The van der Waals surface area contributed by atoms with Crippen molar-refractivity contribution in [3.05, 3.63) is 39.4 Å². The number of nitrogens with zero attached hydrogens (tertiary/aromatic N) is 6. The molecule has 0 fully saturated rings. The van der Waals surface area contributed by atoms with Gasteiger partial charge >= 0.3 is 80.8 Å². The summed E-state index contributed by atoms with van der Waals surface area (Å²) in [6.07, 6.45) is 0. The summed E-state index contributed by atoms with van der Waals surface area (Å²) in [6, 6.07) is 0. The molecular weight excluding hydrogens is 347 g/mol. The van der Waals surface area contributed by atoms with Crippen molar-refractivity contribution < 1.29 is 82.2 Å². The van der Waals surface area contributed by atoms with Gasteiger partial charge in [0.25, 0.3) is 0 Å². The molecular formula is C6HFe3N6Na. The van der Waals surface area contributed by atoms with E-state index in [9.17, 15) is 0 Å². The van der Waals surface area contributed by atoms with E-state index in [0.717, 1.165) is 0 Å². The van der Waals surface area contributed by atoms with Crippen LogP contribution in [-0.2, 0) is 51.2 Å². The summed E-state index contributed by atoms with van der Waals surface area (Å²) in [5, 5.41) is 37.5. The minimum Gasteiger partial charge on any atom is -1.00 e. The molecule has 6 nitrogen and oxygen atoms in total. The van der Waals surface area contributed by atoms with Crippen molar-refractivity contribution in [2.45, 2.75) is 0 Å². The fraction of sp³-hybridized carbons (Fsp3) is 0. The molecule has 0 heterocycles. The van der Waals surface area contributed by atoms with Gasteiger partial charge in [-0.2, -0.15) is 0 Å². The predicted molar refractivity (Wildman–Crippen MR) is 30.9 cm³/mol. The van der Waals surface area contributed by atoms with Gasteiger partial charge in [-0.1, -0.05) is 0 Å². The third-order valence-corrected chi connectivity index (χ3v) is 0. The molecule has 10 heteroatoms. The number of hydrogen-bond donors (Lipinski definition) is 0. The Balaban J connectivity index is -0.00000000267. The maximum absolute atomic E-state index is 6.25. The summed E-state index contributed by atoms with van der Waals surface area (Å²) in [5.74, 6) is 0. The van der Waals surface area contributed by atoms with E-state index in [2.05, 4.69) is 0 Å². The molecule has 0 rings (SSSR count). The quantitative estimate of drug-likeness (QED) is 0.356. The maximum atomic E-state index is 6.25. The first-order chi connectivity index (χ1) is 6.00. The van der Waals surface area contributed by atoms with Crippen LogP contribution in [0.25, 0.3) is 0 Å². The smallest absolute Gasteiger partial charge is 1.00 e. The summed E-state index contributed by atoms with van der Waals surface area (Å²) in [7, 11) is 0. The first-order valence-corrected chi connectivity index (χ1v) is 1.34. The van der Waals surface area contributed by atoms with Crippen molar-refractivity contribution >= 4 is 0 Å². The molecule has 0 amide bonds. The zero-order valence-corrected chi connectivity index (χ0v) is 13.1. The molecule has 0 atom stereocenters. The fourth-order valence-corrected chi connectivity index (χ4v) is 0. The van der Waals surface area contributed by atoms with Gasteiger partial charge in [-0.05, 0) is 0 Å². The van der Waals surface area contributed by atoms with Crippen LogP contribution in [0.5, 0.6) is 0 Å². The molecule has 0 unspecified atom stereocenters. The molecule has 80 valence electrons. The third kappa shape index (κ3) is 8380. The van der Waals surface area contributed by atoms with Crippen molar-refractivity contribution in [2.24, 2.45) is 0 Å². The van der Waals surface area contributed by atoms with Crippen molar-refractivity contribution in [1.29, 1.82) is 31.6 Å². The molecule has 0 aliphatic carbocycles. The first kappa shape index (κ1) is 108. The topological polar surface area (TPSA) is 143 Å². The molecule has 0 aromatic rings.